The molecule has 7 nitrogen and oxygen atoms in total. The molecule has 2 aliphatic heterocycles. The van der Waals surface area contributed by atoms with Gasteiger partial charge in [0.05, 0.1) is 19.8 Å². The third kappa shape index (κ3) is 7.45. The molecule has 0 bridgehead atoms. The quantitative estimate of drug-likeness (QED) is 0.347. The summed E-state index contributed by atoms with van der Waals surface area (Å²) >= 11 is 0. The molecule has 1 aromatic carbocycles. The van der Waals surface area contributed by atoms with Gasteiger partial charge in [0.1, 0.15) is 0 Å². The molecule has 1 aromatic rings. The Bertz CT molecular complexity index is 657. The van der Waals surface area contributed by atoms with E-state index < -0.39 is 0 Å². The van der Waals surface area contributed by atoms with Crippen molar-refractivity contribution in [1.29, 1.82) is 0 Å². The van der Waals surface area contributed by atoms with Gasteiger partial charge in [-0.15, -0.1) is 0 Å². The minimum absolute atomic E-state index is 0.483. The lowest BCUT2D eigenvalue weighted by Crippen LogP contribution is -2.47. The summed E-state index contributed by atoms with van der Waals surface area (Å²) < 4.78 is 10.8. The van der Waals surface area contributed by atoms with Crippen molar-refractivity contribution in [3.05, 3.63) is 35.9 Å². The first-order chi connectivity index (χ1) is 15.2. The van der Waals surface area contributed by atoms with Crippen LogP contribution in [0.25, 0.3) is 0 Å². The number of rotatable bonds is 10. The van der Waals surface area contributed by atoms with Crippen LogP contribution in [-0.4, -0.2) is 107 Å². The van der Waals surface area contributed by atoms with Gasteiger partial charge in [-0.1, -0.05) is 30.3 Å². The number of piperazine rings is 1. The van der Waals surface area contributed by atoms with Crippen LogP contribution in [-0.2, 0) is 9.47 Å². The van der Waals surface area contributed by atoms with Crippen molar-refractivity contribution in [2.24, 2.45) is 10.9 Å². The minimum atomic E-state index is 0.483. The first kappa shape index (κ1) is 24.0. The van der Waals surface area contributed by atoms with Crippen molar-refractivity contribution in [2.75, 3.05) is 86.8 Å². The molecule has 0 spiro atoms. The Balaban J connectivity index is 1.40. The van der Waals surface area contributed by atoms with E-state index in [1.807, 2.05) is 7.05 Å². The smallest absolute Gasteiger partial charge is 0.193 e. The zero-order valence-corrected chi connectivity index (χ0v) is 19.6. The van der Waals surface area contributed by atoms with Crippen LogP contribution in [0, 0.1) is 5.92 Å². The van der Waals surface area contributed by atoms with Gasteiger partial charge in [0.25, 0.3) is 0 Å². The summed E-state index contributed by atoms with van der Waals surface area (Å²) in [4.78, 5) is 12.0. The second kappa shape index (κ2) is 13.0. The van der Waals surface area contributed by atoms with Gasteiger partial charge in [-0.25, -0.2) is 0 Å². The number of ether oxygens (including phenoxy) is 2. The molecule has 2 saturated heterocycles. The first-order valence-electron chi connectivity index (χ1n) is 11.7. The van der Waals surface area contributed by atoms with Crippen LogP contribution in [0.1, 0.15) is 24.4 Å². The fraction of sp³-hybridized carbons (Fsp3) is 0.708. The van der Waals surface area contributed by atoms with Gasteiger partial charge < -0.3 is 24.6 Å². The standard InChI is InChI=1S/C24H41N5O2/c1-25-24(29-13-10-21(18-29)20-31-17-16-30-3)26-11-7-12-28-15-14-27(2)19-23(28)22-8-5-4-6-9-22/h4-6,8-9,21,23H,7,10-20H2,1-3H3,(H,25,26). The number of likely N-dealkylation sites (N-methyl/N-ethyl adjacent to an activating group) is 1. The molecule has 2 fully saturated rings. The number of benzene rings is 1. The van der Waals surface area contributed by atoms with E-state index in [2.05, 4.69) is 62.4 Å². The van der Waals surface area contributed by atoms with Gasteiger partial charge >= 0.3 is 0 Å². The average Bonchev–Trinajstić information content (AvgIpc) is 3.27. The molecule has 0 saturated carbocycles. The normalized spacial score (nSPS) is 23.5. The van der Waals surface area contributed by atoms with Gasteiger partial charge in [-0.3, -0.25) is 9.89 Å². The maximum Gasteiger partial charge on any atom is 0.193 e. The molecule has 7 heteroatoms. The highest BCUT2D eigenvalue weighted by molar-refractivity contribution is 5.80. The largest absolute Gasteiger partial charge is 0.382 e. The van der Waals surface area contributed by atoms with Gasteiger partial charge in [0.2, 0.25) is 0 Å². The highest BCUT2D eigenvalue weighted by Crippen LogP contribution is 2.24. The number of nitrogens with one attached hydrogen (secondary N) is 1. The van der Waals surface area contributed by atoms with E-state index in [0.29, 0.717) is 25.2 Å². The summed E-state index contributed by atoms with van der Waals surface area (Å²) in [5.74, 6) is 1.60. The number of aliphatic imine (C=N–C) groups is 1. The van der Waals surface area contributed by atoms with E-state index >= 15 is 0 Å². The van der Waals surface area contributed by atoms with E-state index in [9.17, 15) is 0 Å². The predicted molar refractivity (Wildman–Crippen MR) is 127 cm³/mol. The van der Waals surface area contributed by atoms with Crippen LogP contribution in [0.4, 0.5) is 0 Å². The van der Waals surface area contributed by atoms with Crippen molar-refractivity contribution in [3.63, 3.8) is 0 Å². The molecule has 2 aliphatic rings. The summed E-state index contributed by atoms with van der Waals surface area (Å²) in [6, 6.07) is 11.4. The Kier molecular flexibility index (Phi) is 10.1. The van der Waals surface area contributed by atoms with Crippen molar-refractivity contribution in [3.8, 4) is 0 Å². The number of hydrogen-bond donors (Lipinski definition) is 1. The van der Waals surface area contributed by atoms with Crippen LogP contribution in [0.5, 0.6) is 0 Å². The molecule has 2 unspecified atom stereocenters. The topological polar surface area (TPSA) is 52.6 Å². The second-order valence-electron chi connectivity index (χ2n) is 8.72. The average molecular weight is 432 g/mol. The SMILES string of the molecule is CN=C(NCCCN1CCN(C)CC1c1ccccc1)N1CCC(COCCOC)C1. The zero-order valence-electron chi connectivity index (χ0n) is 19.6. The van der Waals surface area contributed by atoms with Gasteiger partial charge in [0.15, 0.2) is 5.96 Å². The third-order valence-corrected chi connectivity index (χ3v) is 6.37. The molecule has 0 aliphatic carbocycles. The third-order valence-electron chi connectivity index (χ3n) is 6.37. The van der Waals surface area contributed by atoms with Crippen LogP contribution >= 0.6 is 0 Å². The molecule has 0 amide bonds. The van der Waals surface area contributed by atoms with E-state index in [4.69, 9.17) is 9.47 Å². The van der Waals surface area contributed by atoms with Crippen molar-refractivity contribution in [2.45, 2.75) is 18.9 Å². The second-order valence-corrected chi connectivity index (χ2v) is 8.72. The fourth-order valence-electron chi connectivity index (χ4n) is 4.58. The van der Waals surface area contributed by atoms with Gasteiger partial charge in [-0.2, -0.15) is 0 Å². The molecule has 3 rings (SSSR count). The molecule has 2 atom stereocenters. The van der Waals surface area contributed by atoms with Crippen LogP contribution in [0.3, 0.4) is 0 Å². The molecule has 0 radical (unpaired) electrons. The minimum Gasteiger partial charge on any atom is -0.382 e. The maximum atomic E-state index is 5.72. The lowest BCUT2D eigenvalue weighted by Gasteiger charge is -2.40. The fourth-order valence-corrected chi connectivity index (χ4v) is 4.58. The number of guanidine groups is 1. The number of hydrogen-bond acceptors (Lipinski definition) is 5. The molecule has 0 aromatic heterocycles. The van der Waals surface area contributed by atoms with Crippen molar-refractivity contribution >= 4 is 5.96 Å². The Morgan fingerprint density at radius 2 is 1.97 bits per heavy atom. The Hall–Kier alpha value is -1.67. The Morgan fingerprint density at radius 1 is 1.13 bits per heavy atom. The number of methoxy groups -OCH3 is 1. The van der Waals surface area contributed by atoms with E-state index in [0.717, 1.165) is 71.2 Å². The zero-order chi connectivity index (χ0) is 21.9. The first-order valence-corrected chi connectivity index (χ1v) is 11.7. The van der Waals surface area contributed by atoms with Crippen LogP contribution in [0.2, 0.25) is 0 Å². The van der Waals surface area contributed by atoms with Crippen molar-refractivity contribution < 1.29 is 9.47 Å². The maximum absolute atomic E-state index is 5.72. The Labute approximate surface area is 188 Å². The molecule has 174 valence electrons. The van der Waals surface area contributed by atoms with Crippen LogP contribution in [0.15, 0.2) is 35.3 Å². The summed E-state index contributed by atoms with van der Waals surface area (Å²) in [5.41, 5.74) is 1.42. The number of likely N-dealkylation sites (tertiary alicyclic amines) is 1. The van der Waals surface area contributed by atoms with E-state index in [1.54, 1.807) is 7.11 Å². The lowest BCUT2D eigenvalue weighted by molar-refractivity contribution is 0.0536. The van der Waals surface area contributed by atoms with Crippen LogP contribution < -0.4 is 5.32 Å². The van der Waals surface area contributed by atoms with Gasteiger partial charge in [-0.05, 0) is 25.5 Å². The monoisotopic (exact) mass is 431 g/mol. The predicted octanol–water partition coefficient (Wildman–Crippen LogP) is 1.93. The molecular formula is C24H41N5O2. The number of nitrogens with zero attached hydrogens (tertiary/aromatic N) is 4. The lowest BCUT2D eigenvalue weighted by atomic mass is 10.0. The Morgan fingerprint density at radius 3 is 2.74 bits per heavy atom. The van der Waals surface area contributed by atoms with E-state index in [1.165, 1.54) is 5.56 Å². The molecule has 2 heterocycles. The highest BCUT2D eigenvalue weighted by atomic mass is 16.5. The highest BCUT2D eigenvalue weighted by Gasteiger charge is 2.27. The van der Waals surface area contributed by atoms with Crippen molar-refractivity contribution in [1.82, 2.24) is 20.0 Å². The summed E-state index contributed by atoms with van der Waals surface area (Å²) in [5, 5.41) is 3.59. The van der Waals surface area contributed by atoms with E-state index in [-0.39, 0.29) is 0 Å². The molecule has 1 N–H and O–H groups in total. The summed E-state index contributed by atoms with van der Waals surface area (Å²) in [6.07, 6.45) is 2.27. The summed E-state index contributed by atoms with van der Waals surface area (Å²) in [7, 11) is 5.82. The summed E-state index contributed by atoms with van der Waals surface area (Å²) in [6.45, 7) is 9.63. The molecule has 31 heavy (non-hydrogen) atoms. The molecular weight excluding hydrogens is 390 g/mol. The van der Waals surface area contributed by atoms with Gasteiger partial charge in [0, 0.05) is 71.9 Å².